The minimum atomic E-state index is -0.618. The number of nitrogens with two attached hydrogens (primary N) is 1. The number of methoxy groups -OCH3 is 1. The number of hydrogen-bond donors (Lipinski definition) is 2. The lowest BCUT2D eigenvalue weighted by Gasteiger charge is -2.08. The van der Waals surface area contributed by atoms with E-state index in [-0.39, 0.29) is 12.0 Å². The monoisotopic (exact) mass is 196 g/mol. The van der Waals surface area contributed by atoms with Crippen LogP contribution in [0.5, 0.6) is 0 Å². The molecule has 0 bridgehead atoms. The average molecular weight is 196 g/mol. The Labute approximate surface area is 80.9 Å². The Morgan fingerprint density at radius 2 is 2.43 bits per heavy atom. The second-order valence-electron chi connectivity index (χ2n) is 2.84. The Kier molecular flexibility index (Phi) is 3.41. The number of rotatable bonds is 3. The van der Waals surface area contributed by atoms with Crippen LogP contribution in [0.4, 0.5) is 0 Å². The van der Waals surface area contributed by atoms with Gasteiger partial charge in [0.1, 0.15) is 0 Å². The number of H-pyrrole nitrogens is 1. The molecule has 0 radical (unpaired) electrons. The van der Waals surface area contributed by atoms with E-state index >= 15 is 0 Å². The Morgan fingerprint density at radius 3 is 3.00 bits per heavy atom. The van der Waals surface area contributed by atoms with Crippen LogP contribution in [-0.4, -0.2) is 18.1 Å². The van der Waals surface area contributed by atoms with Crippen LogP contribution >= 0.6 is 0 Å². The Bertz CT molecular complexity index is 372. The number of esters is 1. The molecule has 0 aliphatic heterocycles. The van der Waals surface area contributed by atoms with E-state index < -0.39 is 12.0 Å². The van der Waals surface area contributed by atoms with Crippen molar-refractivity contribution in [1.82, 2.24) is 4.98 Å². The highest BCUT2D eigenvalue weighted by atomic mass is 16.5. The molecular formula is C9H12N2O3. The van der Waals surface area contributed by atoms with Gasteiger partial charge in [-0.05, 0) is 6.07 Å². The molecule has 1 atom stereocenters. The zero-order valence-corrected chi connectivity index (χ0v) is 7.82. The molecule has 1 aromatic rings. The number of nitrogens with one attached hydrogen (secondary N) is 1. The van der Waals surface area contributed by atoms with Gasteiger partial charge in [-0.15, -0.1) is 0 Å². The maximum Gasteiger partial charge on any atom is 0.307 e. The third kappa shape index (κ3) is 2.43. The summed E-state index contributed by atoms with van der Waals surface area (Å²) in [4.78, 5) is 24.6. The van der Waals surface area contributed by atoms with Crippen molar-refractivity contribution in [1.29, 1.82) is 0 Å². The van der Waals surface area contributed by atoms with Crippen molar-refractivity contribution in [2.45, 2.75) is 12.5 Å². The van der Waals surface area contributed by atoms with Gasteiger partial charge in [0, 0.05) is 17.8 Å². The van der Waals surface area contributed by atoms with Gasteiger partial charge < -0.3 is 15.5 Å². The fourth-order valence-electron chi connectivity index (χ4n) is 1.10. The number of carbonyl (C=O) groups excluding carboxylic acids is 1. The second-order valence-corrected chi connectivity index (χ2v) is 2.84. The highest BCUT2D eigenvalue weighted by Crippen LogP contribution is 2.08. The molecule has 3 N–H and O–H groups in total. The number of hydrogen-bond acceptors (Lipinski definition) is 4. The van der Waals surface area contributed by atoms with Crippen LogP contribution in [0.3, 0.4) is 0 Å². The second kappa shape index (κ2) is 4.57. The summed E-state index contributed by atoms with van der Waals surface area (Å²) in [7, 11) is 1.28. The summed E-state index contributed by atoms with van der Waals surface area (Å²) in [5, 5.41) is 0. The Morgan fingerprint density at radius 1 is 1.71 bits per heavy atom. The first-order valence-corrected chi connectivity index (χ1v) is 4.15. The zero-order valence-electron chi connectivity index (χ0n) is 7.82. The predicted molar refractivity (Wildman–Crippen MR) is 50.6 cm³/mol. The number of aromatic nitrogens is 1. The molecule has 14 heavy (non-hydrogen) atoms. The van der Waals surface area contributed by atoms with Crippen molar-refractivity contribution in [3.63, 3.8) is 0 Å². The van der Waals surface area contributed by atoms with E-state index in [1.165, 1.54) is 13.3 Å². The van der Waals surface area contributed by atoms with E-state index in [4.69, 9.17) is 5.73 Å². The van der Waals surface area contributed by atoms with E-state index in [0.717, 1.165) is 0 Å². The molecular weight excluding hydrogens is 184 g/mol. The van der Waals surface area contributed by atoms with E-state index in [9.17, 15) is 9.59 Å². The van der Waals surface area contributed by atoms with Crippen molar-refractivity contribution in [2.24, 2.45) is 5.73 Å². The van der Waals surface area contributed by atoms with Gasteiger partial charge in [-0.3, -0.25) is 9.59 Å². The molecule has 1 rings (SSSR count). The van der Waals surface area contributed by atoms with E-state index in [0.29, 0.717) is 5.56 Å². The van der Waals surface area contributed by atoms with Crippen molar-refractivity contribution in [3.8, 4) is 0 Å². The van der Waals surface area contributed by atoms with E-state index in [1.54, 1.807) is 12.1 Å². The molecule has 1 aromatic heterocycles. The lowest BCUT2D eigenvalue weighted by molar-refractivity contribution is -0.141. The minimum absolute atomic E-state index is 0.00356. The SMILES string of the molecule is COC(=O)C[C@@H](N)c1ccc[nH]c1=O. The van der Waals surface area contributed by atoms with Crippen LogP contribution in [0.2, 0.25) is 0 Å². The molecule has 0 unspecified atom stereocenters. The van der Waals surface area contributed by atoms with E-state index in [2.05, 4.69) is 9.72 Å². The molecule has 0 fully saturated rings. The molecule has 0 amide bonds. The zero-order chi connectivity index (χ0) is 10.6. The fraction of sp³-hybridized carbons (Fsp3) is 0.333. The van der Waals surface area contributed by atoms with Crippen LogP contribution in [0.15, 0.2) is 23.1 Å². The van der Waals surface area contributed by atoms with Gasteiger partial charge in [-0.1, -0.05) is 6.07 Å². The van der Waals surface area contributed by atoms with Crippen LogP contribution < -0.4 is 11.3 Å². The summed E-state index contributed by atoms with van der Waals surface area (Å²) >= 11 is 0. The van der Waals surface area contributed by atoms with Gasteiger partial charge >= 0.3 is 5.97 Å². The molecule has 0 aromatic carbocycles. The number of carbonyl (C=O) groups is 1. The third-order valence-electron chi connectivity index (χ3n) is 1.86. The molecule has 0 spiro atoms. The fourth-order valence-corrected chi connectivity index (χ4v) is 1.10. The summed E-state index contributed by atoms with van der Waals surface area (Å²) in [6, 6.07) is 2.63. The first-order chi connectivity index (χ1) is 6.65. The number of ether oxygens (including phenoxy) is 1. The third-order valence-corrected chi connectivity index (χ3v) is 1.86. The maximum absolute atomic E-state index is 11.2. The first-order valence-electron chi connectivity index (χ1n) is 4.15. The normalized spacial score (nSPS) is 12.1. The standard InChI is InChI=1S/C9H12N2O3/c1-14-8(12)5-7(10)6-3-2-4-11-9(6)13/h2-4,7H,5,10H2,1H3,(H,11,13)/t7-/m1/s1. The van der Waals surface area contributed by atoms with Crippen LogP contribution in [0.1, 0.15) is 18.0 Å². The summed E-state index contributed by atoms with van der Waals surface area (Å²) in [6.07, 6.45) is 1.51. The van der Waals surface area contributed by atoms with Crippen LogP contribution in [0.25, 0.3) is 0 Å². The van der Waals surface area contributed by atoms with E-state index in [1.807, 2.05) is 0 Å². The molecule has 76 valence electrons. The van der Waals surface area contributed by atoms with Crippen molar-refractivity contribution in [2.75, 3.05) is 7.11 Å². The van der Waals surface area contributed by atoms with Gasteiger partial charge in [0.15, 0.2) is 0 Å². The highest BCUT2D eigenvalue weighted by Gasteiger charge is 2.14. The predicted octanol–water partition coefficient (Wildman–Crippen LogP) is -0.0622. The van der Waals surface area contributed by atoms with Crippen LogP contribution in [0, 0.1) is 0 Å². The molecule has 5 heteroatoms. The lowest BCUT2D eigenvalue weighted by atomic mass is 10.1. The minimum Gasteiger partial charge on any atom is -0.469 e. The summed E-state index contributed by atoms with van der Waals surface area (Å²) < 4.78 is 4.45. The number of aromatic amines is 1. The average Bonchev–Trinajstić information content (AvgIpc) is 2.18. The van der Waals surface area contributed by atoms with Gasteiger partial charge in [0.25, 0.3) is 5.56 Å². The Balaban J connectivity index is 2.80. The molecule has 0 saturated heterocycles. The van der Waals surface area contributed by atoms with Crippen molar-refractivity contribution < 1.29 is 9.53 Å². The largest absolute Gasteiger partial charge is 0.469 e. The van der Waals surface area contributed by atoms with Gasteiger partial charge in [-0.2, -0.15) is 0 Å². The molecule has 1 heterocycles. The number of pyridine rings is 1. The molecule has 0 aliphatic rings. The molecule has 5 nitrogen and oxygen atoms in total. The summed E-state index contributed by atoms with van der Waals surface area (Å²) in [6.45, 7) is 0. The molecule has 0 saturated carbocycles. The molecule has 0 aliphatic carbocycles. The first kappa shape index (κ1) is 10.5. The van der Waals surface area contributed by atoms with Crippen molar-refractivity contribution in [3.05, 3.63) is 34.2 Å². The highest BCUT2D eigenvalue weighted by molar-refractivity contribution is 5.70. The topological polar surface area (TPSA) is 85.2 Å². The lowest BCUT2D eigenvalue weighted by Crippen LogP contribution is -2.23. The quantitative estimate of drug-likeness (QED) is 0.663. The van der Waals surface area contributed by atoms with Gasteiger partial charge in [0.2, 0.25) is 0 Å². The Hall–Kier alpha value is -1.62. The summed E-state index contributed by atoms with van der Waals surface area (Å²) in [5.74, 6) is -0.430. The van der Waals surface area contributed by atoms with Crippen LogP contribution in [-0.2, 0) is 9.53 Å². The summed E-state index contributed by atoms with van der Waals surface area (Å²) in [5.41, 5.74) is 5.76. The maximum atomic E-state index is 11.2. The van der Waals surface area contributed by atoms with Crippen molar-refractivity contribution >= 4 is 5.97 Å². The van der Waals surface area contributed by atoms with Gasteiger partial charge in [-0.25, -0.2) is 0 Å². The van der Waals surface area contributed by atoms with Gasteiger partial charge in [0.05, 0.1) is 13.5 Å². The smallest absolute Gasteiger partial charge is 0.307 e.